The molecule has 1 rings (SSSR count). The molecule has 7 heteroatoms. The largest absolute Gasteiger partial charge is 0.416 e. The van der Waals surface area contributed by atoms with E-state index in [2.05, 4.69) is 15.9 Å². The average molecular weight is 295 g/mol. The highest BCUT2D eigenvalue weighted by Crippen LogP contribution is 2.46. The molecule has 1 atom stereocenters. The van der Waals surface area contributed by atoms with Crippen LogP contribution < -0.4 is 0 Å². The molecule has 0 nitrogen and oxygen atoms in total. The predicted octanol–water partition coefficient (Wildman–Crippen LogP) is 4.13. The second kappa shape index (κ2) is 3.54. The lowest BCUT2D eigenvalue weighted by Gasteiger charge is -2.29. The minimum absolute atomic E-state index is 0.160. The molecule has 0 N–H and O–H groups in total. The molecule has 0 amide bonds. The standard InChI is InChI=1S/C8H5BrF6/c9-6(8(13,14)15)3-1-2-5(4-6)7(10,11)12/h1-2,4H,3H2. The number of allylic oxidation sites excluding steroid dienone is 4. The summed E-state index contributed by atoms with van der Waals surface area (Å²) in [5.41, 5.74) is -1.29. The van der Waals surface area contributed by atoms with Crippen LogP contribution in [0.15, 0.2) is 23.8 Å². The van der Waals surface area contributed by atoms with Gasteiger partial charge in [0, 0.05) is 0 Å². The summed E-state index contributed by atoms with van der Waals surface area (Å²) >= 11 is 2.30. The van der Waals surface area contributed by atoms with Crippen LogP contribution >= 0.6 is 15.9 Å². The maximum absolute atomic E-state index is 12.4. The van der Waals surface area contributed by atoms with Crippen molar-refractivity contribution in [3.63, 3.8) is 0 Å². The molecular formula is C8H5BrF6. The summed E-state index contributed by atoms with van der Waals surface area (Å²) in [6.07, 6.45) is -8.41. The van der Waals surface area contributed by atoms with Gasteiger partial charge in [-0.3, -0.25) is 0 Å². The maximum atomic E-state index is 12.4. The van der Waals surface area contributed by atoms with Crippen molar-refractivity contribution in [3.05, 3.63) is 23.8 Å². The molecule has 1 unspecified atom stereocenters. The van der Waals surface area contributed by atoms with Gasteiger partial charge in [-0.1, -0.05) is 28.1 Å². The highest BCUT2D eigenvalue weighted by Gasteiger charge is 2.53. The smallest absolute Gasteiger partial charge is 0.169 e. The lowest BCUT2D eigenvalue weighted by atomic mass is 9.95. The van der Waals surface area contributed by atoms with E-state index in [0.29, 0.717) is 6.08 Å². The van der Waals surface area contributed by atoms with Crippen molar-refractivity contribution < 1.29 is 26.3 Å². The summed E-state index contributed by atoms with van der Waals surface area (Å²) in [4.78, 5) is 0. The molecule has 0 aromatic carbocycles. The minimum atomic E-state index is -4.76. The summed E-state index contributed by atoms with van der Waals surface area (Å²) in [6, 6.07) is 0. The molecule has 86 valence electrons. The normalized spacial score (nSPS) is 27.8. The monoisotopic (exact) mass is 294 g/mol. The van der Waals surface area contributed by atoms with E-state index in [0.717, 1.165) is 6.08 Å². The molecule has 0 saturated carbocycles. The Kier molecular flexibility index (Phi) is 2.97. The summed E-state index contributed by atoms with van der Waals surface area (Å²) in [6.45, 7) is 0. The molecule has 0 aromatic rings. The molecule has 0 spiro atoms. The van der Waals surface area contributed by atoms with E-state index in [-0.39, 0.29) is 6.08 Å². The van der Waals surface area contributed by atoms with Crippen LogP contribution in [-0.4, -0.2) is 16.7 Å². The van der Waals surface area contributed by atoms with Gasteiger partial charge in [-0.25, -0.2) is 0 Å². The van der Waals surface area contributed by atoms with E-state index < -0.39 is 28.7 Å². The Morgan fingerprint density at radius 2 is 1.67 bits per heavy atom. The Hall–Kier alpha value is -0.460. The third-order valence-electron chi connectivity index (χ3n) is 1.90. The van der Waals surface area contributed by atoms with Crippen molar-refractivity contribution in [2.24, 2.45) is 0 Å². The van der Waals surface area contributed by atoms with Crippen LogP contribution in [0.5, 0.6) is 0 Å². The molecule has 0 aromatic heterocycles. The van der Waals surface area contributed by atoms with E-state index in [1.54, 1.807) is 0 Å². The van der Waals surface area contributed by atoms with Crippen molar-refractivity contribution >= 4 is 15.9 Å². The van der Waals surface area contributed by atoms with E-state index in [4.69, 9.17) is 0 Å². The first kappa shape index (κ1) is 12.6. The fourth-order valence-corrected chi connectivity index (χ4v) is 1.52. The Morgan fingerprint density at radius 3 is 2.07 bits per heavy atom. The summed E-state index contributed by atoms with van der Waals surface area (Å²) in [5.74, 6) is 0. The molecule has 0 heterocycles. The van der Waals surface area contributed by atoms with Crippen LogP contribution in [0.1, 0.15) is 6.42 Å². The van der Waals surface area contributed by atoms with Crippen LogP contribution in [0.25, 0.3) is 0 Å². The Balaban J connectivity index is 3.10. The predicted molar refractivity (Wildman–Crippen MR) is 45.6 cm³/mol. The Labute approximate surface area is 89.8 Å². The lowest BCUT2D eigenvalue weighted by Crippen LogP contribution is -2.39. The van der Waals surface area contributed by atoms with Crippen LogP contribution in [0.4, 0.5) is 26.3 Å². The van der Waals surface area contributed by atoms with Gasteiger partial charge in [-0.15, -0.1) is 0 Å². The van der Waals surface area contributed by atoms with Crippen LogP contribution in [-0.2, 0) is 0 Å². The van der Waals surface area contributed by atoms with Crippen molar-refractivity contribution in [1.82, 2.24) is 0 Å². The quantitative estimate of drug-likeness (QED) is 0.465. The van der Waals surface area contributed by atoms with E-state index in [1.165, 1.54) is 0 Å². The van der Waals surface area contributed by atoms with Gasteiger partial charge in [0.05, 0.1) is 5.57 Å². The van der Waals surface area contributed by atoms with E-state index in [1.807, 2.05) is 0 Å². The molecule has 1 aliphatic carbocycles. The first-order valence-corrected chi connectivity index (χ1v) is 4.58. The highest BCUT2D eigenvalue weighted by molar-refractivity contribution is 9.10. The Bertz CT molecular complexity index is 310. The van der Waals surface area contributed by atoms with Gasteiger partial charge in [-0.2, -0.15) is 26.3 Å². The SMILES string of the molecule is FC(F)(F)C1=CC(Br)(C(F)(F)F)CC=C1. The molecule has 0 aliphatic heterocycles. The molecule has 0 radical (unpaired) electrons. The summed E-state index contributed by atoms with van der Waals surface area (Å²) < 4.78 is 71.1. The van der Waals surface area contributed by atoms with Gasteiger partial charge in [0.15, 0.2) is 0 Å². The summed E-state index contributed by atoms with van der Waals surface area (Å²) in [7, 11) is 0. The fourth-order valence-electron chi connectivity index (χ4n) is 1.08. The van der Waals surface area contributed by atoms with Gasteiger partial charge in [0.25, 0.3) is 0 Å². The van der Waals surface area contributed by atoms with Gasteiger partial charge in [-0.05, 0) is 12.5 Å². The number of hydrogen-bond donors (Lipinski definition) is 0. The summed E-state index contributed by atoms with van der Waals surface area (Å²) in [5, 5.41) is 0. The average Bonchev–Trinajstić information content (AvgIpc) is 2.00. The lowest BCUT2D eigenvalue weighted by molar-refractivity contribution is -0.146. The van der Waals surface area contributed by atoms with Crippen LogP contribution in [0.3, 0.4) is 0 Å². The molecule has 0 saturated heterocycles. The molecular weight excluding hydrogens is 290 g/mol. The maximum Gasteiger partial charge on any atom is 0.416 e. The topological polar surface area (TPSA) is 0 Å². The number of rotatable bonds is 0. The number of halogens is 7. The van der Waals surface area contributed by atoms with Crippen LogP contribution in [0, 0.1) is 0 Å². The second-order valence-corrected chi connectivity index (χ2v) is 4.48. The van der Waals surface area contributed by atoms with Crippen LogP contribution in [0.2, 0.25) is 0 Å². The Morgan fingerprint density at radius 1 is 1.13 bits per heavy atom. The zero-order valence-corrected chi connectivity index (χ0v) is 8.67. The molecule has 15 heavy (non-hydrogen) atoms. The van der Waals surface area contributed by atoms with Gasteiger partial charge < -0.3 is 0 Å². The second-order valence-electron chi connectivity index (χ2n) is 3.06. The van der Waals surface area contributed by atoms with Crippen molar-refractivity contribution in [1.29, 1.82) is 0 Å². The van der Waals surface area contributed by atoms with Gasteiger partial charge in [0.1, 0.15) is 4.32 Å². The van der Waals surface area contributed by atoms with Crippen molar-refractivity contribution in [2.45, 2.75) is 23.1 Å². The number of hydrogen-bond acceptors (Lipinski definition) is 0. The molecule has 0 bridgehead atoms. The number of alkyl halides is 7. The zero-order chi connectivity index (χ0) is 11.9. The molecule has 1 aliphatic rings. The first-order valence-electron chi connectivity index (χ1n) is 3.78. The third-order valence-corrected chi connectivity index (χ3v) is 2.90. The first-order chi connectivity index (χ1) is 6.56. The van der Waals surface area contributed by atoms with E-state index in [9.17, 15) is 26.3 Å². The zero-order valence-electron chi connectivity index (χ0n) is 7.08. The van der Waals surface area contributed by atoms with E-state index >= 15 is 0 Å². The third kappa shape index (κ3) is 2.56. The fraction of sp³-hybridized carbons (Fsp3) is 0.500. The molecule has 0 fully saturated rings. The highest BCUT2D eigenvalue weighted by atomic mass is 79.9. The minimum Gasteiger partial charge on any atom is -0.169 e. The van der Waals surface area contributed by atoms with Crippen molar-refractivity contribution in [3.8, 4) is 0 Å². The van der Waals surface area contributed by atoms with Gasteiger partial charge in [0.2, 0.25) is 0 Å². The van der Waals surface area contributed by atoms with Gasteiger partial charge >= 0.3 is 12.4 Å². The van der Waals surface area contributed by atoms with Crippen molar-refractivity contribution in [2.75, 3.05) is 0 Å².